The van der Waals surface area contributed by atoms with Crippen molar-refractivity contribution in [3.63, 3.8) is 0 Å². The quantitative estimate of drug-likeness (QED) is 0.380. The normalized spacial score (nSPS) is 10.9. The maximum atomic E-state index is 13.6. The van der Waals surface area contributed by atoms with Crippen LogP contribution in [0.5, 0.6) is 0 Å². The number of pyridine rings is 1. The summed E-state index contributed by atoms with van der Waals surface area (Å²) < 4.78 is 13.6. The van der Waals surface area contributed by atoms with Crippen molar-refractivity contribution in [2.45, 2.75) is 26.8 Å². The van der Waals surface area contributed by atoms with Crippen molar-refractivity contribution in [1.29, 1.82) is 0 Å². The molecule has 4 aromatic rings. The number of hydrogen-bond acceptors (Lipinski definition) is 2. The molecule has 0 unspecified atom stereocenters. The van der Waals surface area contributed by atoms with Gasteiger partial charge in [-0.1, -0.05) is 23.8 Å². The number of nitrogens with one attached hydrogen (secondary N) is 2. The van der Waals surface area contributed by atoms with E-state index < -0.39 is 0 Å². The van der Waals surface area contributed by atoms with Crippen LogP contribution in [0.15, 0.2) is 67.0 Å². The summed E-state index contributed by atoms with van der Waals surface area (Å²) in [5.74, 6) is -0.295. The SMILES string of the molecule is Cc1ccc2[nH]c(C)c(CCN(Cc3cccnc3)C(=S)Nc3cccc(F)c3)c2c1. The lowest BCUT2D eigenvalue weighted by Crippen LogP contribution is -2.36. The van der Waals surface area contributed by atoms with E-state index in [4.69, 9.17) is 12.2 Å². The first-order chi connectivity index (χ1) is 15.0. The second kappa shape index (κ2) is 9.27. The van der Waals surface area contributed by atoms with Crippen molar-refractivity contribution >= 4 is 33.9 Å². The third kappa shape index (κ3) is 5.09. The number of aromatic nitrogens is 2. The Morgan fingerprint density at radius 2 is 2.00 bits per heavy atom. The van der Waals surface area contributed by atoms with Crippen LogP contribution in [0, 0.1) is 19.7 Å². The van der Waals surface area contributed by atoms with Crippen LogP contribution in [0.4, 0.5) is 10.1 Å². The van der Waals surface area contributed by atoms with E-state index in [9.17, 15) is 4.39 Å². The van der Waals surface area contributed by atoms with Crippen LogP contribution < -0.4 is 5.32 Å². The molecule has 2 N–H and O–H groups in total. The first kappa shape index (κ1) is 21.0. The largest absolute Gasteiger partial charge is 0.358 e. The zero-order chi connectivity index (χ0) is 21.8. The topological polar surface area (TPSA) is 44.0 Å². The molecule has 0 aliphatic carbocycles. The summed E-state index contributed by atoms with van der Waals surface area (Å²) in [4.78, 5) is 9.81. The third-order valence-corrected chi connectivity index (χ3v) is 5.73. The first-order valence-corrected chi connectivity index (χ1v) is 10.7. The molecular formula is C25H25FN4S. The van der Waals surface area contributed by atoms with E-state index in [0.717, 1.165) is 24.0 Å². The molecule has 0 aliphatic heterocycles. The Kier molecular flexibility index (Phi) is 6.28. The molecule has 0 fully saturated rings. The number of benzene rings is 2. The van der Waals surface area contributed by atoms with E-state index in [0.29, 0.717) is 17.3 Å². The van der Waals surface area contributed by atoms with E-state index in [2.05, 4.69) is 52.2 Å². The zero-order valence-electron chi connectivity index (χ0n) is 17.7. The summed E-state index contributed by atoms with van der Waals surface area (Å²) in [6.45, 7) is 5.56. The predicted molar refractivity (Wildman–Crippen MR) is 129 cm³/mol. The minimum Gasteiger partial charge on any atom is -0.358 e. The van der Waals surface area contributed by atoms with Gasteiger partial charge >= 0.3 is 0 Å². The number of aromatic amines is 1. The molecule has 0 saturated carbocycles. The lowest BCUT2D eigenvalue weighted by molar-refractivity contribution is 0.422. The number of fused-ring (bicyclic) bond motifs is 1. The van der Waals surface area contributed by atoms with Gasteiger partial charge in [-0.05, 0) is 80.0 Å². The smallest absolute Gasteiger partial charge is 0.173 e. The van der Waals surface area contributed by atoms with Crippen LogP contribution in [0.25, 0.3) is 10.9 Å². The third-order valence-electron chi connectivity index (χ3n) is 5.37. The molecule has 31 heavy (non-hydrogen) atoms. The fraction of sp³-hybridized carbons (Fsp3) is 0.200. The molecule has 0 radical (unpaired) electrons. The highest BCUT2D eigenvalue weighted by molar-refractivity contribution is 7.80. The molecule has 0 amide bonds. The van der Waals surface area contributed by atoms with Crippen LogP contribution in [0.2, 0.25) is 0 Å². The molecule has 6 heteroatoms. The maximum Gasteiger partial charge on any atom is 0.173 e. The van der Waals surface area contributed by atoms with Crippen LogP contribution in [-0.4, -0.2) is 26.5 Å². The molecule has 2 aromatic heterocycles. The average Bonchev–Trinajstić information content (AvgIpc) is 3.06. The zero-order valence-corrected chi connectivity index (χ0v) is 18.5. The van der Waals surface area contributed by atoms with Gasteiger partial charge in [0.25, 0.3) is 0 Å². The second-order valence-electron chi connectivity index (χ2n) is 7.75. The summed E-state index contributed by atoms with van der Waals surface area (Å²) in [6, 6.07) is 16.8. The minimum atomic E-state index is -0.295. The van der Waals surface area contributed by atoms with E-state index >= 15 is 0 Å². The molecular weight excluding hydrogens is 407 g/mol. The van der Waals surface area contributed by atoms with Gasteiger partial charge in [0, 0.05) is 47.8 Å². The number of H-pyrrole nitrogens is 1. The molecule has 0 atom stereocenters. The summed E-state index contributed by atoms with van der Waals surface area (Å²) in [6.07, 6.45) is 4.44. The summed E-state index contributed by atoms with van der Waals surface area (Å²) in [5, 5.41) is 4.99. The molecule has 4 rings (SSSR count). The van der Waals surface area contributed by atoms with Crippen LogP contribution >= 0.6 is 12.2 Å². The molecule has 0 aliphatic rings. The van der Waals surface area contributed by atoms with Crippen molar-refractivity contribution < 1.29 is 4.39 Å². The van der Waals surface area contributed by atoms with Gasteiger partial charge in [-0.2, -0.15) is 0 Å². The molecule has 2 aromatic carbocycles. The molecule has 0 spiro atoms. The lowest BCUT2D eigenvalue weighted by Gasteiger charge is -2.26. The Labute approximate surface area is 187 Å². The molecule has 2 heterocycles. The highest BCUT2D eigenvalue weighted by atomic mass is 32.1. The Balaban J connectivity index is 1.56. The highest BCUT2D eigenvalue weighted by Gasteiger charge is 2.15. The average molecular weight is 433 g/mol. The number of thiocarbonyl (C=S) groups is 1. The lowest BCUT2D eigenvalue weighted by atomic mass is 10.1. The summed E-state index contributed by atoms with van der Waals surface area (Å²) in [7, 11) is 0. The number of aryl methyl sites for hydroxylation is 2. The van der Waals surface area contributed by atoms with Crippen molar-refractivity contribution in [2.24, 2.45) is 0 Å². The minimum absolute atomic E-state index is 0.295. The van der Waals surface area contributed by atoms with E-state index in [1.165, 1.54) is 34.3 Å². The van der Waals surface area contributed by atoms with E-state index in [1.807, 2.05) is 24.4 Å². The first-order valence-electron chi connectivity index (χ1n) is 10.3. The van der Waals surface area contributed by atoms with Gasteiger partial charge in [0.1, 0.15) is 5.82 Å². The van der Waals surface area contributed by atoms with Crippen LogP contribution in [0.1, 0.15) is 22.4 Å². The van der Waals surface area contributed by atoms with Crippen molar-refractivity contribution in [2.75, 3.05) is 11.9 Å². The van der Waals surface area contributed by atoms with Crippen LogP contribution in [0.3, 0.4) is 0 Å². The van der Waals surface area contributed by atoms with Gasteiger partial charge in [-0.3, -0.25) is 4.98 Å². The highest BCUT2D eigenvalue weighted by Crippen LogP contribution is 2.24. The van der Waals surface area contributed by atoms with E-state index in [-0.39, 0.29) is 5.82 Å². The number of halogens is 1. The van der Waals surface area contributed by atoms with Gasteiger partial charge in [-0.15, -0.1) is 0 Å². The number of nitrogens with zero attached hydrogens (tertiary/aromatic N) is 2. The fourth-order valence-corrected chi connectivity index (χ4v) is 4.07. The van der Waals surface area contributed by atoms with Crippen LogP contribution in [-0.2, 0) is 13.0 Å². The number of rotatable bonds is 6. The summed E-state index contributed by atoms with van der Waals surface area (Å²) in [5.41, 5.74) is 6.56. The number of hydrogen-bond donors (Lipinski definition) is 2. The van der Waals surface area contributed by atoms with Crippen molar-refractivity contribution in [1.82, 2.24) is 14.9 Å². The predicted octanol–water partition coefficient (Wildman–Crippen LogP) is 5.76. The second-order valence-corrected chi connectivity index (χ2v) is 8.14. The Morgan fingerprint density at radius 3 is 2.77 bits per heavy atom. The van der Waals surface area contributed by atoms with Crippen molar-refractivity contribution in [3.05, 3.63) is 95.2 Å². The molecule has 0 bridgehead atoms. The molecule has 158 valence electrons. The van der Waals surface area contributed by atoms with Crippen molar-refractivity contribution in [3.8, 4) is 0 Å². The summed E-state index contributed by atoms with van der Waals surface area (Å²) >= 11 is 5.71. The van der Waals surface area contributed by atoms with Gasteiger partial charge in [0.15, 0.2) is 5.11 Å². The maximum absolute atomic E-state index is 13.6. The monoisotopic (exact) mass is 432 g/mol. The Bertz CT molecular complexity index is 1200. The fourth-order valence-electron chi connectivity index (χ4n) is 3.80. The van der Waals surface area contributed by atoms with Gasteiger partial charge in [-0.25, -0.2) is 4.39 Å². The Morgan fingerprint density at radius 1 is 1.13 bits per heavy atom. The molecule has 0 saturated heterocycles. The number of anilines is 1. The van der Waals surface area contributed by atoms with Gasteiger partial charge < -0.3 is 15.2 Å². The standard InChI is InChI=1S/C25H25FN4S/c1-17-8-9-24-23(13-17)22(18(2)28-24)10-12-30(16-19-5-4-11-27-15-19)25(31)29-21-7-3-6-20(26)14-21/h3-9,11,13-15,28H,10,12,16H2,1-2H3,(H,29,31). The molecule has 4 nitrogen and oxygen atoms in total. The van der Waals surface area contributed by atoms with Gasteiger partial charge in [0.2, 0.25) is 0 Å². The Hall–Kier alpha value is -3.25. The van der Waals surface area contributed by atoms with E-state index in [1.54, 1.807) is 12.3 Å². The van der Waals surface area contributed by atoms with Gasteiger partial charge in [0.05, 0.1) is 0 Å².